The summed E-state index contributed by atoms with van der Waals surface area (Å²) in [7, 11) is 0. The molecule has 0 bridgehead atoms. The summed E-state index contributed by atoms with van der Waals surface area (Å²) >= 11 is 6.74. The van der Waals surface area contributed by atoms with Crippen molar-refractivity contribution in [3.05, 3.63) is 55.8 Å². The molecule has 2 aromatic heterocycles. The van der Waals surface area contributed by atoms with Crippen molar-refractivity contribution in [1.82, 2.24) is 0 Å². The molecule has 0 saturated heterocycles. The predicted octanol–water partition coefficient (Wildman–Crippen LogP) is 4.91. The van der Waals surface area contributed by atoms with Gasteiger partial charge < -0.3 is 5.73 Å². The van der Waals surface area contributed by atoms with Crippen LogP contribution in [0.5, 0.6) is 0 Å². The molecule has 92 valence electrons. The third kappa shape index (κ3) is 2.12. The van der Waals surface area contributed by atoms with E-state index < -0.39 is 0 Å². The zero-order chi connectivity index (χ0) is 12.7. The van der Waals surface area contributed by atoms with Gasteiger partial charge in [0.25, 0.3) is 0 Å². The average molecular weight is 342 g/mol. The Morgan fingerprint density at radius 2 is 2.06 bits per heavy atom. The minimum Gasteiger partial charge on any atom is -0.319 e. The number of benzene rings is 1. The van der Waals surface area contributed by atoms with Crippen molar-refractivity contribution in [3.63, 3.8) is 0 Å². The normalized spacial score (nSPS) is 13.1. The SMILES string of the molecule is NC(c1cc2cc(F)ccc2s1)c1sccc1Br. The first-order chi connectivity index (χ1) is 8.65. The number of hydrogen-bond donors (Lipinski definition) is 1. The van der Waals surface area contributed by atoms with E-state index in [1.54, 1.807) is 34.8 Å². The fourth-order valence-corrected chi connectivity index (χ4v) is 4.61. The van der Waals surface area contributed by atoms with Gasteiger partial charge in [0, 0.05) is 18.9 Å². The van der Waals surface area contributed by atoms with Gasteiger partial charge in [-0.3, -0.25) is 0 Å². The zero-order valence-corrected chi connectivity index (χ0v) is 12.4. The quantitative estimate of drug-likeness (QED) is 0.703. The van der Waals surface area contributed by atoms with E-state index in [1.165, 1.54) is 6.07 Å². The third-order valence-corrected chi connectivity index (χ3v) is 5.88. The summed E-state index contributed by atoms with van der Waals surface area (Å²) in [6, 6.07) is 8.64. The van der Waals surface area contributed by atoms with Gasteiger partial charge in [-0.2, -0.15) is 0 Å². The van der Waals surface area contributed by atoms with E-state index in [0.29, 0.717) is 0 Å². The summed E-state index contributed by atoms with van der Waals surface area (Å²) in [5.74, 6) is -0.210. The second-order valence-electron chi connectivity index (χ2n) is 3.94. The highest BCUT2D eigenvalue weighted by molar-refractivity contribution is 9.10. The largest absolute Gasteiger partial charge is 0.319 e. The molecule has 0 aliphatic heterocycles. The summed E-state index contributed by atoms with van der Waals surface area (Å²) in [4.78, 5) is 2.15. The van der Waals surface area contributed by atoms with Crippen LogP contribution in [-0.2, 0) is 0 Å². The first kappa shape index (κ1) is 12.3. The smallest absolute Gasteiger partial charge is 0.123 e. The van der Waals surface area contributed by atoms with Gasteiger partial charge in [0.05, 0.1) is 6.04 Å². The molecule has 3 aromatic rings. The first-order valence-corrected chi connectivity index (χ1v) is 7.81. The maximum Gasteiger partial charge on any atom is 0.123 e. The summed E-state index contributed by atoms with van der Waals surface area (Å²) in [6.45, 7) is 0. The molecule has 1 aromatic carbocycles. The monoisotopic (exact) mass is 341 g/mol. The lowest BCUT2D eigenvalue weighted by Gasteiger charge is -2.07. The van der Waals surface area contributed by atoms with Crippen molar-refractivity contribution in [2.24, 2.45) is 5.73 Å². The molecule has 0 amide bonds. The Hall–Kier alpha value is -0.750. The molecule has 1 atom stereocenters. The van der Waals surface area contributed by atoms with E-state index in [0.717, 1.165) is 24.3 Å². The summed E-state index contributed by atoms with van der Waals surface area (Å²) in [6.07, 6.45) is 0. The van der Waals surface area contributed by atoms with Crippen molar-refractivity contribution in [1.29, 1.82) is 0 Å². The van der Waals surface area contributed by atoms with Crippen LogP contribution in [-0.4, -0.2) is 0 Å². The van der Waals surface area contributed by atoms with Gasteiger partial charge in [-0.1, -0.05) is 0 Å². The predicted molar refractivity (Wildman–Crippen MR) is 79.8 cm³/mol. The number of rotatable bonds is 2. The molecule has 18 heavy (non-hydrogen) atoms. The fraction of sp³-hybridized carbons (Fsp3) is 0.0769. The molecule has 0 radical (unpaired) electrons. The maximum atomic E-state index is 13.2. The highest BCUT2D eigenvalue weighted by Crippen LogP contribution is 2.36. The summed E-state index contributed by atoms with van der Waals surface area (Å²) in [5.41, 5.74) is 6.26. The van der Waals surface area contributed by atoms with Crippen LogP contribution < -0.4 is 5.73 Å². The lowest BCUT2D eigenvalue weighted by atomic mass is 10.2. The van der Waals surface area contributed by atoms with E-state index in [4.69, 9.17) is 5.73 Å². The van der Waals surface area contributed by atoms with E-state index >= 15 is 0 Å². The fourth-order valence-electron chi connectivity index (χ4n) is 1.84. The Bertz CT molecular complexity index is 704. The van der Waals surface area contributed by atoms with Gasteiger partial charge in [-0.25, -0.2) is 4.39 Å². The molecule has 0 aliphatic rings. The Morgan fingerprint density at radius 3 is 2.78 bits per heavy atom. The number of hydrogen-bond acceptors (Lipinski definition) is 3. The molecule has 5 heteroatoms. The Labute approximate surface area is 120 Å². The number of nitrogens with two attached hydrogens (primary N) is 1. The van der Waals surface area contributed by atoms with Gasteiger partial charge in [-0.15, -0.1) is 22.7 Å². The lowest BCUT2D eigenvalue weighted by molar-refractivity contribution is 0.630. The van der Waals surface area contributed by atoms with Gasteiger partial charge in [0.15, 0.2) is 0 Å². The minimum absolute atomic E-state index is 0.153. The van der Waals surface area contributed by atoms with Crippen LogP contribution in [0, 0.1) is 5.82 Å². The van der Waals surface area contributed by atoms with Crippen LogP contribution in [0.15, 0.2) is 40.2 Å². The minimum atomic E-state index is -0.210. The van der Waals surface area contributed by atoms with Gasteiger partial charge >= 0.3 is 0 Å². The highest BCUT2D eigenvalue weighted by Gasteiger charge is 2.16. The van der Waals surface area contributed by atoms with Crippen LogP contribution in [0.3, 0.4) is 0 Å². The van der Waals surface area contributed by atoms with Gasteiger partial charge in [0.2, 0.25) is 0 Å². The molecule has 1 unspecified atom stereocenters. The average Bonchev–Trinajstić information content (AvgIpc) is 2.93. The molecule has 3 rings (SSSR count). The van der Waals surface area contributed by atoms with E-state index in [1.807, 2.05) is 17.5 Å². The third-order valence-electron chi connectivity index (χ3n) is 2.73. The number of thiophene rings is 2. The standard InChI is InChI=1S/C13H9BrFNS2/c14-9-3-4-17-13(9)12(16)11-6-7-5-8(15)1-2-10(7)18-11/h1-6,12H,16H2. The van der Waals surface area contributed by atoms with E-state index in [9.17, 15) is 4.39 Å². The van der Waals surface area contributed by atoms with Crippen molar-refractivity contribution in [3.8, 4) is 0 Å². The molecule has 0 fully saturated rings. The molecule has 1 nitrogen and oxygen atoms in total. The van der Waals surface area contributed by atoms with Crippen LogP contribution in [0.1, 0.15) is 15.8 Å². The molecule has 0 saturated carbocycles. The number of halogens is 2. The topological polar surface area (TPSA) is 26.0 Å². The first-order valence-electron chi connectivity index (χ1n) is 5.32. The van der Waals surface area contributed by atoms with E-state index in [2.05, 4.69) is 15.9 Å². The Morgan fingerprint density at radius 1 is 1.22 bits per heavy atom. The lowest BCUT2D eigenvalue weighted by Crippen LogP contribution is -2.08. The van der Waals surface area contributed by atoms with Gasteiger partial charge in [0.1, 0.15) is 5.82 Å². The molecular weight excluding hydrogens is 333 g/mol. The summed E-state index contributed by atoms with van der Waals surface area (Å²) < 4.78 is 15.2. The van der Waals surface area contributed by atoms with E-state index in [-0.39, 0.29) is 11.9 Å². The van der Waals surface area contributed by atoms with Crippen LogP contribution in [0.4, 0.5) is 4.39 Å². The zero-order valence-electron chi connectivity index (χ0n) is 9.19. The second-order valence-corrected chi connectivity index (χ2v) is 6.86. The molecular formula is C13H9BrFNS2. The Kier molecular flexibility index (Phi) is 3.23. The van der Waals surface area contributed by atoms with Crippen LogP contribution in [0.2, 0.25) is 0 Å². The van der Waals surface area contributed by atoms with Crippen LogP contribution in [0.25, 0.3) is 10.1 Å². The Balaban J connectivity index is 2.07. The van der Waals surface area contributed by atoms with Crippen molar-refractivity contribution < 1.29 is 4.39 Å². The van der Waals surface area contributed by atoms with Crippen LogP contribution >= 0.6 is 38.6 Å². The van der Waals surface area contributed by atoms with Crippen molar-refractivity contribution in [2.45, 2.75) is 6.04 Å². The molecule has 0 aliphatic carbocycles. The molecule has 2 heterocycles. The van der Waals surface area contributed by atoms with Crippen molar-refractivity contribution in [2.75, 3.05) is 0 Å². The summed E-state index contributed by atoms with van der Waals surface area (Å²) in [5, 5.41) is 2.92. The molecule has 0 spiro atoms. The number of fused-ring (bicyclic) bond motifs is 1. The second kappa shape index (κ2) is 4.74. The highest BCUT2D eigenvalue weighted by atomic mass is 79.9. The maximum absolute atomic E-state index is 13.2. The van der Waals surface area contributed by atoms with Gasteiger partial charge in [-0.05, 0) is 57.0 Å². The molecule has 2 N–H and O–H groups in total. The van der Waals surface area contributed by atoms with Crippen molar-refractivity contribution >= 4 is 48.7 Å².